The van der Waals surface area contributed by atoms with Crippen LogP contribution in [0.15, 0.2) is 48.8 Å². The first kappa shape index (κ1) is 17.7. The Labute approximate surface area is 136 Å². The number of hydrogen-bond acceptors (Lipinski definition) is 3. The fourth-order valence-electron chi connectivity index (χ4n) is 1.83. The van der Waals surface area contributed by atoms with Gasteiger partial charge in [-0.3, -0.25) is 4.98 Å². The van der Waals surface area contributed by atoms with Crippen LogP contribution in [-0.4, -0.2) is 23.8 Å². The fraction of sp³-hybridized carbons (Fsp3) is 0.250. The summed E-state index contributed by atoms with van der Waals surface area (Å²) >= 11 is 0. The number of benzene rings is 1. The van der Waals surface area contributed by atoms with Gasteiger partial charge in [-0.25, -0.2) is 4.79 Å². The summed E-state index contributed by atoms with van der Waals surface area (Å²) in [6.45, 7) is -1.10. The molecule has 0 fully saturated rings. The van der Waals surface area contributed by atoms with E-state index >= 15 is 0 Å². The minimum absolute atomic E-state index is 0.116. The van der Waals surface area contributed by atoms with Crippen LogP contribution in [-0.2, 0) is 17.9 Å². The topological polar surface area (TPSA) is 63.2 Å². The second kappa shape index (κ2) is 8.30. The number of rotatable bonds is 6. The molecule has 0 saturated heterocycles. The molecule has 2 amide bonds. The summed E-state index contributed by atoms with van der Waals surface area (Å²) in [7, 11) is 0. The highest BCUT2D eigenvalue weighted by molar-refractivity contribution is 5.88. The number of carbonyl (C=O) groups excluding carboxylic acids is 1. The summed E-state index contributed by atoms with van der Waals surface area (Å²) in [5, 5.41) is 5.30. The Bertz CT molecular complexity index is 646. The van der Waals surface area contributed by atoms with Crippen molar-refractivity contribution in [1.29, 1.82) is 0 Å². The summed E-state index contributed by atoms with van der Waals surface area (Å²) < 4.78 is 40.5. The highest BCUT2D eigenvalue weighted by atomic mass is 19.4. The molecule has 128 valence electrons. The van der Waals surface area contributed by atoms with Crippen LogP contribution >= 0.6 is 0 Å². The fourth-order valence-corrected chi connectivity index (χ4v) is 1.83. The van der Waals surface area contributed by atoms with Gasteiger partial charge in [-0.2, -0.15) is 13.2 Å². The van der Waals surface area contributed by atoms with Gasteiger partial charge in [0, 0.05) is 12.7 Å². The molecule has 0 spiro atoms. The van der Waals surface area contributed by atoms with E-state index in [2.05, 4.69) is 20.4 Å². The molecule has 8 heteroatoms. The SMILES string of the molecule is O=C(NCc1ccc(COCC(F)(F)F)cc1)Nc1cccnc1. The lowest BCUT2D eigenvalue weighted by Crippen LogP contribution is -2.28. The monoisotopic (exact) mass is 339 g/mol. The Morgan fingerprint density at radius 3 is 2.46 bits per heavy atom. The molecule has 2 aromatic rings. The minimum atomic E-state index is -4.33. The molecule has 2 N–H and O–H groups in total. The first-order valence-electron chi connectivity index (χ1n) is 7.09. The average molecular weight is 339 g/mol. The van der Waals surface area contributed by atoms with Crippen molar-refractivity contribution in [2.45, 2.75) is 19.3 Å². The van der Waals surface area contributed by atoms with Crippen LogP contribution in [0.5, 0.6) is 0 Å². The number of nitrogens with zero attached hydrogens (tertiary/aromatic N) is 1. The summed E-state index contributed by atoms with van der Waals surface area (Å²) in [4.78, 5) is 15.6. The van der Waals surface area contributed by atoms with Crippen molar-refractivity contribution in [3.8, 4) is 0 Å². The second-order valence-corrected chi connectivity index (χ2v) is 4.97. The van der Waals surface area contributed by atoms with Gasteiger partial charge in [-0.15, -0.1) is 0 Å². The first-order valence-corrected chi connectivity index (χ1v) is 7.09. The molecule has 2 rings (SSSR count). The van der Waals surface area contributed by atoms with Gasteiger partial charge < -0.3 is 15.4 Å². The number of carbonyl (C=O) groups is 1. The molecule has 24 heavy (non-hydrogen) atoms. The normalized spacial score (nSPS) is 11.1. The van der Waals surface area contributed by atoms with E-state index in [0.717, 1.165) is 5.56 Å². The number of amides is 2. The third kappa shape index (κ3) is 6.66. The van der Waals surface area contributed by atoms with Crippen LogP contribution < -0.4 is 10.6 Å². The Balaban J connectivity index is 1.74. The standard InChI is InChI=1S/C16H16F3N3O2/c17-16(18,19)11-24-10-13-5-3-12(4-6-13)8-21-15(23)22-14-2-1-7-20-9-14/h1-7,9H,8,10-11H2,(H2,21,22,23). The van der Waals surface area contributed by atoms with Crippen LogP contribution in [0.1, 0.15) is 11.1 Å². The highest BCUT2D eigenvalue weighted by Crippen LogP contribution is 2.15. The Kier molecular flexibility index (Phi) is 6.14. The van der Waals surface area contributed by atoms with Gasteiger partial charge in [-0.05, 0) is 23.3 Å². The Morgan fingerprint density at radius 2 is 1.83 bits per heavy atom. The van der Waals surface area contributed by atoms with Crippen molar-refractivity contribution in [3.05, 3.63) is 59.9 Å². The van der Waals surface area contributed by atoms with E-state index in [4.69, 9.17) is 0 Å². The number of aromatic nitrogens is 1. The zero-order valence-electron chi connectivity index (χ0n) is 12.6. The number of nitrogens with one attached hydrogen (secondary N) is 2. The van der Waals surface area contributed by atoms with Crippen LogP contribution in [0.4, 0.5) is 23.7 Å². The molecule has 0 aliphatic rings. The number of ether oxygens (including phenoxy) is 1. The average Bonchev–Trinajstić information content (AvgIpc) is 2.54. The third-order valence-electron chi connectivity index (χ3n) is 2.93. The van der Waals surface area contributed by atoms with Gasteiger partial charge in [0.2, 0.25) is 0 Å². The molecular formula is C16H16F3N3O2. The highest BCUT2D eigenvalue weighted by Gasteiger charge is 2.27. The molecule has 1 aromatic carbocycles. The van der Waals surface area contributed by atoms with Gasteiger partial charge in [0.25, 0.3) is 0 Å². The van der Waals surface area contributed by atoms with E-state index in [0.29, 0.717) is 11.3 Å². The molecule has 0 aliphatic heterocycles. The first-order chi connectivity index (χ1) is 11.4. The van der Waals surface area contributed by atoms with Crippen LogP contribution in [0.2, 0.25) is 0 Å². The third-order valence-corrected chi connectivity index (χ3v) is 2.93. The number of anilines is 1. The lowest BCUT2D eigenvalue weighted by atomic mass is 10.1. The predicted octanol–water partition coefficient (Wildman–Crippen LogP) is 3.48. The van der Waals surface area contributed by atoms with Gasteiger partial charge in [0.05, 0.1) is 18.5 Å². The van der Waals surface area contributed by atoms with Crippen LogP contribution in [0, 0.1) is 0 Å². The molecule has 0 atom stereocenters. The predicted molar refractivity (Wildman–Crippen MR) is 82.2 cm³/mol. The number of alkyl halides is 3. The number of halogens is 3. The molecule has 5 nitrogen and oxygen atoms in total. The number of pyridine rings is 1. The van der Waals surface area contributed by atoms with Gasteiger partial charge in [-0.1, -0.05) is 24.3 Å². The quantitative estimate of drug-likeness (QED) is 0.847. The van der Waals surface area contributed by atoms with E-state index < -0.39 is 12.8 Å². The summed E-state index contributed by atoms with van der Waals surface area (Å²) in [6.07, 6.45) is -1.20. The van der Waals surface area contributed by atoms with E-state index in [1.807, 2.05) is 0 Å². The van der Waals surface area contributed by atoms with Crippen molar-refractivity contribution in [2.24, 2.45) is 0 Å². The van der Waals surface area contributed by atoms with E-state index in [9.17, 15) is 18.0 Å². The summed E-state index contributed by atoms with van der Waals surface area (Å²) in [6, 6.07) is 9.80. The molecular weight excluding hydrogens is 323 g/mol. The zero-order chi connectivity index (χ0) is 17.4. The summed E-state index contributed by atoms with van der Waals surface area (Å²) in [5.41, 5.74) is 2.02. The molecule has 0 aliphatic carbocycles. The maximum Gasteiger partial charge on any atom is 0.411 e. The molecule has 1 aromatic heterocycles. The van der Waals surface area contributed by atoms with Gasteiger partial charge in [0.15, 0.2) is 0 Å². The Morgan fingerprint density at radius 1 is 1.12 bits per heavy atom. The van der Waals surface area contributed by atoms with Crippen molar-refractivity contribution in [1.82, 2.24) is 10.3 Å². The molecule has 0 radical (unpaired) electrons. The van der Waals surface area contributed by atoms with E-state index in [1.54, 1.807) is 42.6 Å². The number of hydrogen-bond donors (Lipinski definition) is 2. The maximum atomic E-state index is 12.0. The van der Waals surface area contributed by atoms with Crippen molar-refractivity contribution in [2.75, 3.05) is 11.9 Å². The van der Waals surface area contributed by atoms with E-state index in [1.165, 1.54) is 6.20 Å². The maximum absolute atomic E-state index is 12.0. The van der Waals surface area contributed by atoms with Crippen molar-refractivity contribution >= 4 is 11.7 Å². The molecule has 0 bridgehead atoms. The van der Waals surface area contributed by atoms with Gasteiger partial charge >= 0.3 is 12.2 Å². The summed E-state index contributed by atoms with van der Waals surface area (Å²) in [5.74, 6) is 0. The van der Waals surface area contributed by atoms with Crippen LogP contribution in [0.3, 0.4) is 0 Å². The zero-order valence-corrected chi connectivity index (χ0v) is 12.6. The lowest BCUT2D eigenvalue weighted by Gasteiger charge is -2.09. The molecule has 0 unspecified atom stereocenters. The second-order valence-electron chi connectivity index (χ2n) is 4.97. The smallest absolute Gasteiger partial charge is 0.367 e. The van der Waals surface area contributed by atoms with Crippen molar-refractivity contribution < 1.29 is 22.7 Å². The largest absolute Gasteiger partial charge is 0.411 e. The minimum Gasteiger partial charge on any atom is -0.367 e. The Hall–Kier alpha value is -2.61. The van der Waals surface area contributed by atoms with Gasteiger partial charge in [0.1, 0.15) is 6.61 Å². The van der Waals surface area contributed by atoms with Crippen molar-refractivity contribution in [3.63, 3.8) is 0 Å². The molecule has 0 saturated carbocycles. The molecule has 1 heterocycles. The lowest BCUT2D eigenvalue weighted by molar-refractivity contribution is -0.176. The van der Waals surface area contributed by atoms with E-state index in [-0.39, 0.29) is 19.2 Å². The number of urea groups is 1. The van der Waals surface area contributed by atoms with Crippen LogP contribution in [0.25, 0.3) is 0 Å².